The number of aliphatic hydroxyl groups is 1. The summed E-state index contributed by atoms with van der Waals surface area (Å²) in [6, 6.07) is 1.96. The maximum absolute atomic E-state index is 12.6. The molecule has 0 saturated carbocycles. The second-order valence-corrected chi connectivity index (χ2v) is 5.93. The summed E-state index contributed by atoms with van der Waals surface area (Å²) >= 11 is 6.09. The van der Waals surface area contributed by atoms with Gasteiger partial charge in [0.25, 0.3) is 5.91 Å². The zero-order valence-corrected chi connectivity index (χ0v) is 12.1. The van der Waals surface area contributed by atoms with E-state index in [4.69, 9.17) is 11.6 Å². The number of piperidine rings is 1. The lowest BCUT2D eigenvalue weighted by atomic mass is 9.99. The molecule has 2 bridgehead atoms. The fourth-order valence-electron chi connectivity index (χ4n) is 3.37. The Hall–Kier alpha value is -1.33. The Bertz CT molecular complexity index is 523. The van der Waals surface area contributed by atoms with Gasteiger partial charge in [-0.25, -0.2) is 4.98 Å². The molecular formula is C14H18ClN3O2. The second kappa shape index (κ2) is 5.22. The highest BCUT2D eigenvalue weighted by molar-refractivity contribution is 6.33. The van der Waals surface area contributed by atoms with Gasteiger partial charge in [-0.05, 0) is 31.7 Å². The van der Waals surface area contributed by atoms with Gasteiger partial charge in [0, 0.05) is 25.3 Å². The SMILES string of the molecule is CNc1ncc(C(=O)N2C3CCC2CC(O)C3)cc1Cl. The van der Waals surface area contributed by atoms with E-state index in [1.165, 1.54) is 0 Å². The number of aliphatic hydroxyl groups excluding tert-OH is 1. The van der Waals surface area contributed by atoms with Crippen LogP contribution in [0.15, 0.2) is 12.3 Å². The standard InChI is InChI=1S/C14H18ClN3O2/c1-16-13-12(15)4-8(7-17-13)14(20)18-9-2-3-10(18)6-11(19)5-9/h4,7,9-11,19H,2-3,5-6H2,1H3,(H,16,17). The number of nitrogens with zero attached hydrogens (tertiary/aromatic N) is 2. The second-order valence-electron chi connectivity index (χ2n) is 5.53. The molecule has 0 aliphatic carbocycles. The lowest BCUT2D eigenvalue weighted by Gasteiger charge is -2.37. The fourth-order valence-corrected chi connectivity index (χ4v) is 3.63. The molecular weight excluding hydrogens is 278 g/mol. The third-order valence-electron chi connectivity index (χ3n) is 4.27. The molecule has 2 fully saturated rings. The molecule has 2 aliphatic rings. The van der Waals surface area contributed by atoms with E-state index in [-0.39, 0.29) is 24.1 Å². The first-order valence-corrected chi connectivity index (χ1v) is 7.32. The van der Waals surface area contributed by atoms with Crippen molar-refractivity contribution in [1.82, 2.24) is 9.88 Å². The quantitative estimate of drug-likeness (QED) is 0.875. The number of rotatable bonds is 2. The van der Waals surface area contributed by atoms with Gasteiger partial charge in [-0.3, -0.25) is 4.79 Å². The monoisotopic (exact) mass is 295 g/mol. The van der Waals surface area contributed by atoms with Crippen LogP contribution in [0.3, 0.4) is 0 Å². The molecule has 20 heavy (non-hydrogen) atoms. The van der Waals surface area contributed by atoms with E-state index in [1.807, 2.05) is 4.90 Å². The molecule has 108 valence electrons. The van der Waals surface area contributed by atoms with E-state index in [9.17, 15) is 9.90 Å². The fraction of sp³-hybridized carbons (Fsp3) is 0.571. The van der Waals surface area contributed by atoms with Crippen LogP contribution in [0, 0.1) is 0 Å². The Morgan fingerprint density at radius 2 is 2.10 bits per heavy atom. The number of hydrogen-bond donors (Lipinski definition) is 2. The van der Waals surface area contributed by atoms with Gasteiger partial charge < -0.3 is 15.3 Å². The van der Waals surface area contributed by atoms with Gasteiger partial charge >= 0.3 is 0 Å². The molecule has 5 nitrogen and oxygen atoms in total. The smallest absolute Gasteiger partial charge is 0.255 e. The van der Waals surface area contributed by atoms with Crippen molar-refractivity contribution in [3.05, 3.63) is 22.8 Å². The van der Waals surface area contributed by atoms with Crippen LogP contribution in [0.4, 0.5) is 5.82 Å². The topological polar surface area (TPSA) is 65.5 Å². The summed E-state index contributed by atoms with van der Waals surface area (Å²) in [5, 5.41) is 13.1. The van der Waals surface area contributed by atoms with Crippen molar-refractivity contribution in [2.75, 3.05) is 12.4 Å². The molecule has 1 aromatic heterocycles. The van der Waals surface area contributed by atoms with Crippen molar-refractivity contribution >= 4 is 23.3 Å². The third kappa shape index (κ3) is 2.25. The molecule has 1 amide bonds. The number of pyridine rings is 1. The number of fused-ring (bicyclic) bond motifs is 2. The molecule has 2 N–H and O–H groups in total. The Morgan fingerprint density at radius 3 is 2.65 bits per heavy atom. The molecule has 0 aromatic carbocycles. The Morgan fingerprint density at radius 1 is 1.45 bits per heavy atom. The van der Waals surface area contributed by atoms with Crippen LogP contribution in [0.2, 0.25) is 5.02 Å². The summed E-state index contributed by atoms with van der Waals surface area (Å²) in [5.41, 5.74) is 0.516. The lowest BCUT2D eigenvalue weighted by Crippen LogP contribution is -2.48. The predicted molar refractivity (Wildman–Crippen MR) is 77.0 cm³/mol. The van der Waals surface area contributed by atoms with Crippen LogP contribution >= 0.6 is 11.6 Å². The number of halogens is 1. The van der Waals surface area contributed by atoms with Crippen molar-refractivity contribution in [2.45, 2.75) is 43.9 Å². The molecule has 6 heteroatoms. The van der Waals surface area contributed by atoms with Crippen molar-refractivity contribution in [3.8, 4) is 0 Å². The first-order chi connectivity index (χ1) is 9.60. The van der Waals surface area contributed by atoms with Gasteiger partial charge in [-0.15, -0.1) is 0 Å². The van der Waals surface area contributed by atoms with E-state index in [0.29, 0.717) is 29.2 Å². The highest BCUT2D eigenvalue weighted by Gasteiger charge is 2.43. The van der Waals surface area contributed by atoms with Crippen LogP contribution in [-0.2, 0) is 0 Å². The number of carbonyl (C=O) groups excluding carboxylic acids is 1. The summed E-state index contributed by atoms with van der Waals surface area (Å²) < 4.78 is 0. The van der Waals surface area contributed by atoms with E-state index in [0.717, 1.165) is 12.8 Å². The average Bonchev–Trinajstić information content (AvgIpc) is 2.70. The number of aromatic nitrogens is 1. The maximum atomic E-state index is 12.6. The molecule has 1 aromatic rings. The van der Waals surface area contributed by atoms with Gasteiger partial charge in [0.15, 0.2) is 0 Å². The molecule has 0 spiro atoms. The van der Waals surface area contributed by atoms with Gasteiger partial charge in [-0.1, -0.05) is 11.6 Å². The number of carbonyl (C=O) groups is 1. The molecule has 2 aliphatic heterocycles. The minimum atomic E-state index is -0.273. The Kier molecular flexibility index (Phi) is 3.56. The molecule has 2 saturated heterocycles. The largest absolute Gasteiger partial charge is 0.393 e. The number of nitrogens with one attached hydrogen (secondary N) is 1. The summed E-state index contributed by atoms with van der Waals surface area (Å²) in [6.45, 7) is 0. The minimum absolute atomic E-state index is 0.0264. The van der Waals surface area contributed by atoms with Crippen molar-refractivity contribution in [1.29, 1.82) is 0 Å². The summed E-state index contributed by atoms with van der Waals surface area (Å²) in [7, 11) is 1.74. The van der Waals surface area contributed by atoms with Crippen molar-refractivity contribution in [2.24, 2.45) is 0 Å². The highest BCUT2D eigenvalue weighted by Crippen LogP contribution is 2.37. The van der Waals surface area contributed by atoms with Crippen LogP contribution in [-0.4, -0.2) is 46.1 Å². The van der Waals surface area contributed by atoms with Gasteiger partial charge in [0.1, 0.15) is 5.82 Å². The van der Waals surface area contributed by atoms with Gasteiger partial charge in [0.05, 0.1) is 16.7 Å². The first kappa shape index (κ1) is 13.6. The van der Waals surface area contributed by atoms with E-state index in [2.05, 4.69) is 10.3 Å². The Balaban J connectivity index is 1.84. The Labute approximate surface area is 122 Å². The molecule has 2 atom stereocenters. The van der Waals surface area contributed by atoms with Gasteiger partial charge in [0.2, 0.25) is 0 Å². The van der Waals surface area contributed by atoms with Crippen LogP contribution in [0.25, 0.3) is 0 Å². The van der Waals surface area contributed by atoms with Crippen molar-refractivity contribution < 1.29 is 9.90 Å². The lowest BCUT2D eigenvalue weighted by molar-refractivity contribution is 0.0286. The van der Waals surface area contributed by atoms with Crippen LogP contribution in [0.1, 0.15) is 36.0 Å². The highest BCUT2D eigenvalue weighted by atomic mass is 35.5. The zero-order chi connectivity index (χ0) is 14.3. The minimum Gasteiger partial charge on any atom is -0.393 e. The zero-order valence-electron chi connectivity index (χ0n) is 11.3. The summed E-state index contributed by atoms with van der Waals surface area (Å²) in [4.78, 5) is 18.7. The molecule has 2 unspecified atom stereocenters. The van der Waals surface area contributed by atoms with E-state index < -0.39 is 0 Å². The maximum Gasteiger partial charge on any atom is 0.255 e. The number of hydrogen-bond acceptors (Lipinski definition) is 4. The van der Waals surface area contributed by atoms with E-state index in [1.54, 1.807) is 19.3 Å². The summed E-state index contributed by atoms with van der Waals surface area (Å²) in [6.07, 6.45) is 4.59. The van der Waals surface area contributed by atoms with Crippen LogP contribution < -0.4 is 5.32 Å². The summed E-state index contributed by atoms with van der Waals surface area (Å²) in [5.74, 6) is 0.543. The average molecular weight is 296 g/mol. The van der Waals surface area contributed by atoms with E-state index >= 15 is 0 Å². The number of amides is 1. The first-order valence-electron chi connectivity index (χ1n) is 6.94. The normalized spacial score (nSPS) is 28.6. The predicted octanol–water partition coefficient (Wildman–Crippen LogP) is 1.90. The molecule has 3 heterocycles. The van der Waals surface area contributed by atoms with Crippen LogP contribution in [0.5, 0.6) is 0 Å². The number of anilines is 1. The third-order valence-corrected chi connectivity index (χ3v) is 4.56. The van der Waals surface area contributed by atoms with Crippen molar-refractivity contribution in [3.63, 3.8) is 0 Å². The van der Waals surface area contributed by atoms with Gasteiger partial charge in [-0.2, -0.15) is 0 Å². The molecule has 3 rings (SSSR count). The molecule has 0 radical (unpaired) electrons.